The number of nitrogen functional groups attached to an aromatic ring is 1. The van der Waals surface area contributed by atoms with Crippen LogP contribution in [0.25, 0.3) is 11.2 Å². The molecule has 1 aliphatic rings. The highest BCUT2D eigenvalue weighted by molar-refractivity contribution is 5.81. The van der Waals surface area contributed by atoms with Crippen LogP contribution in [-0.2, 0) is 16.9 Å². The van der Waals surface area contributed by atoms with Gasteiger partial charge in [0.2, 0.25) is 0 Å². The molecule has 1 aromatic carbocycles. The van der Waals surface area contributed by atoms with E-state index in [2.05, 4.69) is 15.0 Å². The van der Waals surface area contributed by atoms with Crippen molar-refractivity contribution in [2.75, 3.05) is 12.3 Å². The first-order valence-corrected chi connectivity index (χ1v) is 8.29. The summed E-state index contributed by atoms with van der Waals surface area (Å²) >= 11 is 0. The van der Waals surface area contributed by atoms with E-state index in [1.54, 1.807) is 12.1 Å². The van der Waals surface area contributed by atoms with E-state index in [4.69, 9.17) is 10.5 Å². The normalized spacial score (nSPS) is 28.1. The molecule has 9 nitrogen and oxygen atoms in total. The van der Waals surface area contributed by atoms with E-state index < -0.39 is 36.5 Å². The summed E-state index contributed by atoms with van der Waals surface area (Å²) in [7, 11) is 0. The number of hydrogen-bond donors (Lipinski definition) is 4. The molecular weight excluding hydrogens is 357 g/mol. The van der Waals surface area contributed by atoms with Crippen LogP contribution in [0.3, 0.4) is 0 Å². The summed E-state index contributed by atoms with van der Waals surface area (Å²) in [4.78, 5) is 12.2. The number of aromatic nitrogens is 4. The van der Waals surface area contributed by atoms with Crippen LogP contribution in [0.4, 0.5) is 10.2 Å². The van der Waals surface area contributed by atoms with E-state index in [1.807, 2.05) is 0 Å². The van der Waals surface area contributed by atoms with Gasteiger partial charge in [-0.05, 0) is 17.7 Å². The average Bonchev–Trinajstić information content (AvgIpc) is 3.20. The Hall–Kier alpha value is -2.66. The number of fused-ring (bicyclic) bond motifs is 1. The van der Waals surface area contributed by atoms with Crippen molar-refractivity contribution < 1.29 is 24.4 Å². The zero-order valence-corrected chi connectivity index (χ0v) is 14.1. The van der Waals surface area contributed by atoms with Gasteiger partial charge in [-0.3, -0.25) is 4.57 Å². The molecule has 0 aliphatic carbocycles. The van der Waals surface area contributed by atoms with Crippen molar-refractivity contribution >= 4 is 17.0 Å². The molecule has 0 spiro atoms. The Morgan fingerprint density at radius 3 is 2.59 bits per heavy atom. The van der Waals surface area contributed by atoms with Gasteiger partial charge in [-0.2, -0.15) is 0 Å². The lowest BCUT2D eigenvalue weighted by molar-refractivity contribution is -0.145. The predicted octanol–water partition coefficient (Wildman–Crippen LogP) is -0.444. The largest absolute Gasteiger partial charge is 0.394 e. The number of nitrogens with two attached hydrogens (primary N) is 1. The first-order valence-electron chi connectivity index (χ1n) is 8.29. The summed E-state index contributed by atoms with van der Waals surface area (Å²) in [5.41, 5.74) is 5.56. The van der Waals surface area contributed by atoms with Gasteiger partial charge in [0, 0.05) is 6.42 Å². The molecule has 0 amide bonds. The highest BCUT2D eigenvalue weighted by Crippen LogP contribution is 2.40. The maximum atomic E-state index is 13.3. The third-order valence-corrected chi connectivity index (χ3v) is 4.84. The summed E-state index contributed by atoms with van der Waals surface area (Å²) in [6, 6.07) is 5.68. The second-order valence-electron chi connectivity index (χ2n) is 6.47. The highest BCUT2D eigenvalue weighted by atomic mass is 19.1. The van der Waals surface area contributed by atoms with Crippen molar-refractivity contribution in [3.05, 3.63) is 48.3 Å². The van der Waals surface area contributed by atoms with Crippen molar-refractivity contribution in [2.45, 2.75) is 30.5 Å². The molecule has 27 heavy (non-hydrogen) atoms. The quantitative estimate of drug-likeness (QED) is 0.481. The molecule has 0 saturated carbocycles. The monoisotopic (exact) mass is 375 g/mol. The Morgan fingerprint density at radius 1 is 1.19 bits per heavy atom. The molecule has 0 radical (unpaired) electrons. The van der Waals surface area contributed by atoms with Gasteiger partial charge in [-0.15, -0.1) is 0 Å². The lowest BCUT2D eigenvalue weighted by Crippen LogP contribution is -2.47. The Bertz CT molecular complexity index is 966. The molecule has 2 aromatic heterocycles. The minimum absolute atomic E-state index is 0.0668. The van der Waals surface area contributed by atoms with Crippen molar-refractivity contribution in [1.29, 1.82) is 0 Å². The molecule has 4 rings (SSSR count). The number of benzene rings is 1. The molecule has 142 valence electrons. The van der Waals surface area contributed by atoms with Crippen molar-refractivity contribution in [1.82, 2.24) is 19.5 Å². The van der Waals surface area contributed by atoms with Gasteiger partial charge in [0.15, 0.2) is 17.2 Å². The zero-order valence-electron chi connectivity index (χ0n) is 14.1. The van der Waals surface area contributed by atoms with E-state index in [0.29, 0.717) is 16.7 Å². The number of imidazole rings is 1. The van der Waals surface area contributed by atoms with Crippen molar-refractivity contribution in [2.24, 2.45) is 0 Å². The molecule has 3 aromatic rings. The fourth-order valence-electron chi connectivity index (χ4n) is 3.47. The molecule has 5 N–H and O–H groups in total. The maximum Gasteiger partial charge on any atom is 0.180 e. The molecule has 0 bridgehead atoms. The Kier molecular flexibility index (Phi) is 4.27. The number of hydrogen-bond acceptors (Lipinski definition) is 8. The summed E-state index contributed by atoms with van der Waals surface area (Å²) in [5, 5.41) is 30.7. The third-order valence-electron chi connectivity index (χ3n) is 4.84. The van der Waals surface area contributed by atoms with Crippen molar-refractivity contribution in [3.8, 4) is 0 Å². The number of aliphatic hydroxyl groups is 3. The Labute approximate surface area is 152 Å². The third kappa shape index (κ3) is 2.73. The first kappa shape index (κ1) is 17.7. The van der Waals surface area contributed by atoms with Gasteiger partial charge in [0.1, 0.15) is 36.0 Å². The van der Waals surface area contributed by atoms with E-state index in [1.165, 1.54) is 29.4 Å². The van der Waals surface area contributed by atoms with Gasteiger partial charge in [-0.25, -0.2) is 19.3 Å². The summed E-state index contributed by atoms with van der Waals surface area (Å²) in [6.07, 6.45) is -1.06. The fraction of sp³-hybridized carbons (Fsp3) is 0.353. The minimum atomic E-state index is -1.53. The SMILES string of the molecule is Nc1ncnc2c1ncn2[C@]1(Cc2ccc(F)cc2)O[C@H](CO)[C@@H](O)[C@H]1O. The van der Waals surface area contributed by atoms with Crippen LogP contribution in [0, 0.1) is 5.82 Å². The van der Waals surface area contributed by atoms with Gasteiger partial charge in [0.25, 0.3) is 0 Å². The summed E-state index contributed by atoms with van der Waals surface area (Å²) < 4.78 is 20.7. The lowest BCUT2D eigenvalue weighted by Gasteiger charge is -2.34. The molecule has 1 aliphatic heterocycles. The summed E-state index contributed by atoms with van der Waals surface area (Å²) in [5.74, 6) is -0.245. The molecule has 4 atom stereocenters. The summed E-state index contributed by atoms with van der Waals surface area (Å²) in [6.45, 7) is -0.493. The van der Waals surface area contributed by atoms with Gasteiger partial charge >= 0.3 is 0 Å². The van der Waals surface area contributed by atoms with E-state index in [9.17, 15) is 19.7 Å². The topological polar surface area (TPSA) is 140 Å². The maximum absolute atomic E-state index is 13.3. The van der Waals surface area contributed by atoms with E-state index in [-0.39, 0.29) is 12.2 Å². The van der Waals surface area contributed by atoms with Crippen LogP contribution in [0.5, 0.6) is 0 Å². The average molecular weight is 375 g/mol. The Balaban J connectivity index is 1.88. The standard InChI is InChI=1S/C17H18FN5O4/c18-10-3-1-9(2-4-10)5-17(14(26)13(25)11(6-24)27-17)23-8-22-12-15(19)20-7-21-16(12)23/h1-4,7-8,11,13-14,24-26H,5-6H2,(H2,19,20,21)/t11-,13-,14-,17-/m1/s1. The molecule has 0 unspecified atom stereocenters. The van der Waals surface area contributed by atoms with Crippen LogP contribution in [0.2, 0.25) is 0 Å². The number of ether oxygens (including phenoxy) is 1. The highest BCUT2D eigenvalue weighted by Gasteiger charge is 2.56. The molecule has 1 saturated heterocycles. The number of halogens is 1. The smallest absolute Gasteiger partial charge is 0.180 e. The molecule has 10 heteroatoms. The van der Waals surface area contributed by atoms with Crippen LogP contribution in [0.15, 0.2) is 36.9 Å². The molecule has 1 fully saturated rings. The van der Waals surface area contributed by atoms with E-state index in [0.717, 1.165) is 0 Å². The fourth-order valence-corrected chi connectivity index (χ4v) is 3.47. The number of anilines is 1. The predicted molar refractivity (Wildman–Crippen MR) is 91.8 cm³/mol. The molecular formula is C17H18FN5O4. The first-order chi connectivity index (χ1) is 13.0. The number of aliphatic hydroxyl groups excluding tert-OH is 3. The number of rotatable bonds is 4. The second kappa shape index (κ2) is 6.50. The van der Waals surface area contributed by atoms with Crippen LogP contribution in [-0.4, -0.2) is 59.8 Å². The molecule has 3 heterocycles. The van der Waals surface area contributed by atoms with Crippen LogP contribution >= 0.6 is 0 Å². The Morgan fingerprint density at radius 2 is 1.93 bits per heavy atom. The second-order valence-corrected chi connectivity index (χ2v) is 6.47. The van der Waals surface area contributed by atoms with E-state index >= 15 is 0 Å². The van der Waals surface area contributed by atoms with Gasteiger partial charge in [-0.1, -0.05) is 12.1 Å². The van der Waals surface area contributed by atoms with Gasteiger partial charge < -0.3 is 25.8 Å². The zero-order chi connectivity index (χ0) is 19.2. The minimum Gasteiger partial charge on any atom is -0.394 e. The van der Waals surface area contributed by atoms with Crippen LogP contribution in [0.1, 0.15) is 5.56 Å². The lowest BCUT2D eigenvalue weighted by atomic mass is 9.95. The van der Waals surface area contributed by atoms with Crippen LogP contribution < -0.4 is 5.73 Å². The van der Waals surface area contributed by atoms with Gasteiger partial charge in [0.05, 0.1) is 12.9 Å². The van der Waals surface area contributed by atoms with Crippen molar-refractivity contribution in [3.63, 3.8) is 0 Å². The number of nitrogens with zero attached hydrogens (tertiary/aromatic N) is 4.